The molecule has 0 bridgehead atoms. The van der Waals surface area contributed by atoms with Gasteiger partial charge in [-0.15, -0.1) is 0 Å². The van der Waals surface area contributed by atoms with E-state index in [1.54, 1.807) is 33.5 Å². The summed E-state index contributed by atoms with van der Waals surface area (Å²) >= 11 is 0. The van der Waals surface area contributed by atoms with Crippen molar-refractivity contribution in [3.05, 3.63) is 53.6 Å². The van der Waals surface area contributed by atoms with Crippen molar-refractivity contribution in [3.8, 4) is 17.2 Å². The Balaban J connectivity index is 2.39. The SMILES string of the molecule is CCCC(C(=O)c1ccc(OC)cc1)c1ccc(OC)cc1OC. The number of benzene rings is 2. The lowest BCUT2D eigenvalue weighted by Gasteiger charge is -2.19. The third-order valence-corrected chi connectivity index (χ3v) is 4.08. The van der Waals surface area contributed by atoms with Gasteiger partial charge in [-0.1, -0.05) is 19.4 Å². The molecule has 4 heteroatoms. The second-order valence-corrected chi connectivity index (χ2v) is 5.54. The predicted molar refractivity (Wildman–Crippen MR) is 94.5 cm³/mol. The van der Waals surface area contributed by atoms with E-state index >= 15 is 0 Å². The summed E-state index contributed by atoms with van der Waals surface area (Å²) in [5.74, 6) is 1.96. The first-order valence-electron chi connectivity index (χ1n) is 8.04. The maximum absolute atomic E-state index is 13.0. The van der Waals surface area contributed by atoms with Gasteiger partial charge < -0.3 is 14.2 Å². The zero-order valence-corrected chi connectivity index (χ0v) is 14.7. The minimum Gasteiger partial charge on any atom is -0.497 e. The summed E-state index contributed by atoms with van der Waals surface area (Å²) in [6.45, 7) is 2.07. The first-order chi connectivity index (χ1) is 11.6. The van der Waals surface area contributed by atoms with Crippen molar-refractivity contribution in [1.29, 1.82) is 0 Å². The maximum Gasteiger partial charge on any atom is 0.170 e. The Morgan fingerprint density at radius 2 is 1.54 bits per heavy atom. The Morgan fingerprint density at radius 3 is 2.08 bits per heavy atom. The number of Topliss-reactive ketones (excluding diaryl/α,β-unsaturated/α-hetero) is 1. The molecule has 0 saturated carbocycles. The van der Waals surface area contributed by atoms with Crippen LogP contribution in [0, 0.1) is 0 Å². The van der Waals surface area contributed by atoms with Crippen LogP contribution < -0.4 is 14.2 Å². The third-order valence-electron chi connectivity index (χ3n) is 4.08. The minimum atomic E-state index is -0.246. The van der Waals surface area contributed by atoms with Crippen molar-refractivity contribution in [2.24, 2.45) is 0 Å². The van der Waals surface area contributed by atoms with E-state index < -0.39 is 0 Å². The predicted octanol–water partition coefficient (Wildman–Crippen LogP) is 4.48. The van der Waals surface area contributed by atoms with Gasteiger partial charge in [-0.25, -0.2) is 0 Å². The molecule has 0 fully saturated rings. The summed E-state index contributed by atoms with van der Waals surface area (Å²) in [5.41, 5.74) is 1.56. The highest BCUT2D eigenvalue weighted by atomic mass is 16.5. The van der Waals surface area contributed by atoms with Gasteiger partial charge in [0.2, 0.25) is 0 Å². The van der Waals surface area contributed by atoms with Gasteiger partial charge in [-0.3, -0.25) is 4.79 Å². The highest BCUT2D eigenvalue weighted by Gasteiger charge is 2.24. The van der Waals surface area contributed by atoms with Crippen LogP contribution in [0.5, 0.6) is 17.2 Å². The molecule has 128 valence electrons. The summed E-state index contributed by atoms with van der Waals surface area (Å²) in [6, 6.07) is 12.8. The maximum atomic E-state index is 13.0. The van der Waals surface area contributed by atoms with Gasteiger partial charge in [-0.05, 0) is 36.8 Å². The zero-order valence-electron chi connectivity index (χ0n) is 14.7. The molecule has 0 aliphatic heterocycles. The summed E-state index contributed by atoms with van der Waals surface area (Å²) < 4.78 is 15.9. The number of methoxy groups -OCH3 is 3. The number of hydrogen-bond donors (Lipinski definition) is 0. The van der Waals surface area contributed by atoms with Crippen LogP contribution in [0.4, 0.5) is 0 Å². The average Bonchev–Trinajstić information content (AvgIpc) is 2.65. The molecule has 0 spiro atoms. The number of rotatable bonds is 8. The molecule has 2 rings (SSSR count). The molecule has 0 saturated heterocycles. The standard InChI is InChI=1S/C20H24O4/c1-5-6-18(17-12-11-16(23-3)13-19(17)24-4)20(21)14-7-9-15(22-2)10-8-14/h7-13,18H,5-6H2,1-4H3. The van der Waals surface area contributed by atoms with Gasteiger partial charge in [0.25, 0.3) is 0 Å². The van der Waals surface area contributed by atoms with Crippen LogP contribution in [0.15, 0.2) is 42.5 Å². The molecule has 0 radical (unpaired) electrons. The van der Waals surface area contributed by atoms with Crippen LogP contribution in [0.1, 0.15) is 41.6 Å². The number of ketones is 1. The van der Waals surface area contributed by atoms with Crippen molar-refractivity contribution < 1.29 is 19.0 Å². The van der Waals surface area contributed by atoms with E-state index in [0.29, 0.717) is 17.1 Å². The van der Waals surface area contributed by atoms with Crippen molar-refractivity contribution in [2.75, 3.05) is 21.3 Å². The highest BCUT2D eigenvalue weighted by molar-refractivity contribution is 6.01. The van der Waals surface area contributed by atoms with E-state index in [1.165, 1.54) is 0 Å². The molecule has 4 nitrogen and oxygen atoms in total. The molecule has 2 aromatic rings. The summed E-state index contributed by atoms with van der Waals surface area (Å²) in [6.07, 6.45) is 1.66. The van der Waals surface area contributed by atoms with Crippen molar-refractivity contribution >= 4 is 5.78 Å². The van der Waals surface area contributed by atoms with Gasteiger partial charge in [0.05, 0.1) is 27.2 Å². The second-order valence-electron chi connectivity index (χ2n) is 5.54. The van der Waals surface area contributed by atoms with Gasteiger partial charge in [0.15, 0.2) is 5.78 Å². The minimum absolute atomic E-state index is 0.0861. The molecule has 0 amide bonds. The van der Waals surface area contributed by atoms with Crippen LogP contribution in [0.3, 0.4) is 0 Å². The molecule has 1 atom stereocenters. The van der Waals surface area contributed by atoms with E-state index in [9.17, 15) is 4.79 Å². The summed E-state index contributed by atoms with van der Waals surface area (Å²) in [7, 11) is 4.83. The molecule has 0 heterocycles. The Kier molecular flexibility index (Phi) is 6.24. The lowest BCUT2D eigenvalue weighted by atomic mass is 9.86. The zero-order chi connectivity index (χ0) is 17.5. The van der Waals surface area contributed by atoms with Crippen molar-refractivity contribution in [2.45, 2.75) is 25.7 Å². The van der Waals surface area contributed by atoms with E-state index in [-0.39, 0.29) is 11.7 Å². The number of ether oxygens (including phenoxy) is 3. The smallest absolute Gasteiger partial charge is 0.170 e. The second kappa shape index (κ2) is 8.39. The number of hydrogen-bond acceptors (Lipinski definition) is 4. The van der Waals surface area contributed by atoms with Crippen LogP contribution in [0.2, 0.25) is 0 Å². The normalized spacial score (nSPS) is 11.7. The number of carbonyl (C=O) groups is 1. The Morgan fingerprint density at radius 1 is 0.917 bits per heavy atom. The highest BCUT2D eigenvalue weighted by Crippen LogP contribution is 2.35. The van der Waals surface area contributed by atoms with Crippen molar-refractivity contribution in [1.82, 2.24) is 0 Å². The molecule has 0 aliphatic carbocycles. The van der Waals surface area contributed by atoms with Gasteiger partial charge in [0.1, 0.15) is 17.2 Å². The molecule has 0 N–H and O–H groups in total. The van der Waals surface area contributed by atoms with Gasteiger partial charge in [0, 0.05) is 17.2 Å². The van der Waals surface area contributed by atoms with Gasteiger partial charge in [-0.2, -0.15) is 0 Å². The van der Waals surface area contributed by atoms with Gasteiger partial charge >= 0.3 is 0 Å². The van der Waals surface area contributed by atoms with Crippen molar-refractivity contribution in [3.63, 3.8) is 0 Å². The number of carbonyl (C=O) groups excluding carboxylic acids is 1. The molecular weight excluding hydrogens is 304 g/mol. The van der Waals surface area contributed by atoms with E-state index in [2.05, 4.69) is 6.92 Å². The lowest BCUT2D eigenvalue weighted by molar-refractivity contribution is 0.0953. The fourth-order valence-electron chi connectivity index (χ4n) is 2.78. The molecule has 0 aliphatic rings. The first kappa shape index (κ1) is 17.9. The molecular formula is C20H24O4. The summed E-state index contributed by atoms with van der Waals surface area (Å²) in [5, 5.41) is 0. The fourth-order valence-corrected chi connectivity index (χ4v) is 2.78. The average molecular weight is 328 g/mol. The Hall–Kier alpha value is -2.49. The Bertz CT molecular complexity index is 677. The quantitative estimate of drug-likeness (QED) is 0.670. The van der Waals surface area contributed by atoms with Crippen LogP contribution in [0.25, 0.3) is 0 Å². The van der Waals surface area contributed by atoms with Crippen LogP contribution in [-0.2, 0) is 0 Å². The summed E-state index contributed by atoms with van der Waals surface area (Å²) in [4.78, 5) is 13.0. The van der Waals surface area contributed by atoms with E-state index in [0.717, 1.165) is 24.2 Å². The largest absolute Gasteiger partial charge is 0.497 e. The Labute approximate surface area is 143 Å². The van der Waals surface area contributed by atoms with Crippen LogP contribution in [-0.4, -0.2) is 27.1 Å². The fraction of sp³-hybridized carbons (Fsp3) is 0.350. The topological polar surface area (TPSA) is 44.8 Å². The lowest BCUT2D eigenvalue weighted by Crippen LogP contribution is -2.14. The van der Waals surface area contributed by atoms with E-state index in [4.69, 9.17) is 14.2 Å². The molecule has 24 heavy (non-hydrogen) atoms. The first-order valence-corrected chi connectivity index (χ1v) is 8.04. The molecule has 1 unspecified atom stereocenters. The van der Waals surface area contributed by atoms with Crippen LogP contribution >= 0.6 is 0 Å². The monoisotopic (exact) mass is 328 g/mol. The molecule has 0 aromatic heterocycles. The third kappa shape index (κ3) is 3.88. The molecule has 2 aromatic carbocycles. The van der Waals surface area contributed by atoms with E-state index in [1.807, 2.05) is 30.3 Å².